The van der Waals surface area contributed by atoms with Crippen LogP contribution in [0.4, 0.5) is 0 Å². The van der Waals surface area contributed by atoms with Crippen molar-refractivity contribution in [2.75, 3.05) is 20.8 Å². The molecule has 1 fully saturated rings. The number of benzene rings is 1. The Labute approximate surface area is 115 Å². The molecule has 0 aromatic heterocycles. The van der Waals surface area contributed by atoms with E-state index >= 15 is 0 Å². The molecule has 106 valence electrons. The Bertz CT molecular complexity index is 403. The number of nitrogens with one attached hydrogen (secondary N) is 1. The van der Waals surface area contributed by atoms with Crippen molar-refractivity contribution in [1.29, 1.82) is 0 Å². The lowest BCUT2D eigenvalue weighted by atomic mass is 10.0. The molecule has 1 aromatic carbocycles. The molecule has 4 nitrogen and oxygen atoms in total. The van der Waals surface area contributed by atoms with E-state index < -0.39 is 0 Å². The van der Waals surface area contributed by atoms with Crippen LogP contribution >= 0.6 is 0 Å². The van der Waals surface area contributed by atoms with Gasteiger partial charge in [-0.05, 0) is 18.9 Å². The zero-order chi connectivity index (χ0) is 13.7. The fraction of sp³-hybridized carbons (Fsp3) is 0.600. The summed E-state index contributed by atoms with van der Waals surface area (Å²) in [4.78, 5) is 0. The van der Waals surface area contributed by atoms with Crippen LogP contribution in [0.25, 0.3) is 0 Å². The van der Waals surface area contributed by atoms with Crippen molar-refractivity contribution in [3.8, 4) is 11.5 Å². The van der Waals surface area contributed by atoms with Gasteiger partial charge in [-0.2, -0.15) is 0 Å². The summed E-state index contributed by atoms with van der Waals surface area (Å²) in [6, 6.07) is 6.64. The van der Waals surface area contributed by atoms with E-state index in [2.05, 4.69) is 11.4 Å². The Kier molecular flexibility index (Phi) is 5.05. The standard InChI is InChI=1S/C15H24N2O2/c1-18-14-9-5-8-12(15(14)19-2)13(10-16)17-11-6-3-4-7-11/h5,8-9,11,13,17H,3-4,6-7,10,16H2,1-2H3. The molecule has 0 bridgehead atoms. The van der Waals surface area contributed by atoms with E-state index in [1.807, 2.05) is 12.1 Å². The van der Waals surface area contributed by atoms with Crippen LogP contribution in [0.2, 0.25) is 0 Å². The molecule has 19 heavy (non-hydrogen) atoms. The lowest BCUT2D eigenvalue weighted by molar-refractivity contribution is 0.343. The molecule has 1 saturated carbocycles. The third kappa shape index (κ3) is 3.19. The lowest BCUT2D eigenvalue weighted by Gasteiger charge is -2.24. The van der Waals surface area contributed by atoms with Gasteiger partial charge < -0.3 is 20.5 Å². The van der Waals surface area contributed by atoms with Gasteiger partial charge in [-0.1, -0.05) is 25.0 Å². The van der Waals surface area contributed by atoms with Crippen molar-refractivity contribution in [1.82, 2.24) is 5.32 Å². The molecule has 1 aromatic rings. The summed E-state index contributed by atoms with van der Waals surface area (Å²) in [6.07, 6.45) is 5.10. The van der Waals surface area contributed by atoms with Crippen molar-refractivity contribution in [2.45, 2.75) is 37.8 Å². The van der Waals surface area contributed by atoms with Crippen LogP contribution in [0, 0.1) is 0 Å². The third-order valence-electron chi connectivity index (χ3n) is 3.84. The van der Waals surface area contributed by atoms with Crippen molar-refractivity contribution >= 4 is 0 Å². The maximum absolute atomic E-state index is 5.94. The molecule has 0 heterocycles. The number of hydrogen-bond donors (Lipinski definition) is 2. The average Bonchev–Trinajstić information content (AvgIpc) is 2.96. The van der Waals surface area contributed by atoms with Gasteiger partial charge in [0.2, 0.25) is 0 Å². The molecule has 0 saturated heterocycles. The molecule has 1 atom stereocenters. The van der Waals surface area contributed by atoms with E-state index in [4.69, 9.17) is 15.2 Å². The molecule has 3 N–H and O–H groups in total. The zero-order valence-corrected chi connectivity index (χ0v) is 11.8. The Morgan fingerprint density at radius 1 is 1.26 bits per heavy atom. The molecular formula is C15H24N2O2. The van der Waals surface area contributed by atoms with Crippen LogP contribution in [-0.2, 0) is 0 Å². The highest BCUT2D eigenvalue weighted by atomic mass is 16.5. The highest BCUT2D eigenvalue weighted by Crippen LogP contribution is 2.35. The first kappa shape index (κ1) is 14.2. The van der Waals surface area contributed by atoms with Crippen LogP contribution in [0.5, 0.6) is 11.5 Å². The minimum absolute atomic E-state index is 0.119. The fourth-order valence-electron chi connectivity index (χ4n) is 2.85. The van der Waals surface area contributed by atoms with Crippen LogP contribution in [0.15, 0.2) is 18.2 Å². The summed E-state index contributed by atoms with van der Waals surface area (Å²) in [5.41, 5.74) is 7.02. The summed E-state index contributed by atoms with van der Waals surface area (Å²) in [7, 11) is 3.33. The van der Waals surface area contributed by atoms with E-state index in [0.29, 0.717) is 12.6 Å². The highest BCUT2D eigenvalue weighted by molar-refractivity contribution is 5.48. The Hall–Kier alpha value is -1.26. The Morgan fingerprint density at radius 3 is 2.58 bits per heavy atom. The number of methoxy groups -OCH3 is 2. The second kappa shape index (κ2) is 6.78. The van der Waals surface area contributed by atoms with Crippen LogP contribution in [0.3, 0.4) is 0 Å². The molecule has 0 radical (unpaired) electrons. The number of nitrogens with two attached hydrogens (primary N) is 1. The summed E-state index contributed by atoms with van der Waals surface area (Å²) >= 11 is 0. The van der Waals surface area contributed by atoms with Gasteiger partial charge >= 0.3 is 0 Å². The van der Waals surface area contributed by atoms with E-state index in [9.17, 15) is 0 Å². The van der Waals surface area contributed by atoms with Gasteiger partial charge in [-0.15, -0.1) is 0 Å². The van der Waals surface area contributed by atoms with Gasteiger partial charge in [-0.3, -0.25) is 0 Å². The van der Waals surface area contributed by atoms with E-state index in [-0.39, 0.29) is 6.04 Å². The van der Waals surface area contributed by atoms with E-state index in [1.54, 1.807) is 14.2 Å². The number of hydrogen-bond acceptors (Lipinski definition) is 4. The Balaban J connectivity index is 2.21. The Morgan fingerprint density at radius 2 is 2.00 bits per heavy atom. The number of para-hydroxylation sites is 1. The predicted octanol–water partition coefficient (Wildman–Crippen LogP) is 2.24. The first-order valence-electron chi connectivity index (χ1n) is 6.97. The number of ether oxygens (including phenoxy) is 2. The van der Waals surface area contributed by atoms with Gasteiger partial charge in [-0.25, -0.2) is 0 Å². The second-order valence-electron chi connectivity index (χ2n) is 5.02. The molecule has 1 unspecified atom stereocenters. The van der Waals surface area contributed by atoms with Crippen molar-refractivity contribution in [3.63, 3.8) is 0 Å². The van der Waals surface area contributed by atoms with Crippen LogP contribution in [-0.4, -0.2) is 26.8 Å². The summed E-state index contributed by atoms with van der Waals surface area (Å²) < 4.78 is 10.8. The molecular weight excluding hydrogens is 240 g/mol. The predicted molar refractivity (Wildman–Crippen MR) is 76.7 cm³/mol. The SMILES string of the molecule is COc1cccc(C(CN)NC2CCCC2)c1OC. The van der Waals surface area contributed by atoms with Gasteiger partial charge in [0.15, 0.2) is 11.5 Å². The van der Waals surface area contributed by atoms with Gasteiger partial charge in [0.05, 0.1) is 14.2 Å². The minimum Gasteiger partial charge on any atom is -0.493 e. The molecule has 0 aliphatic heterocycles. The van der Waals surface area contributed by atoms with Crippen molar-refractivity contribution in [2.24, 2.45) is 5.73 Å². The lowest BCUT2D eigenvalue weighted by Crippen LogP contribution is -2.35. The minimum atomic E-state index is 0.119. The van der Waals surface area contributed by atoms with E-state index in [0.717, 1.165) is 17.1 Å². The topological polar surface area (TPSA) is 56.5 Å². The van der Waals surface area contributed by atoms with Crippen LogP contribution < -0.4 is 20.5 Å². The fourth-order valence-corrected chi connectivity index (χ4v) is 2.85. The monoisotopic (exact) mass is 264 g/mol. The van der Waals surface area contributed by atoms with Gasteiger partial charge in [0.25, 0.3) is 0 Å². The van der Waals surface area contributed by atoms with Gasteiger partial charge in [0, 0.05) is 24.2 Å². The quantitative estimate of drug-likeness (QED) is 0.827. The summed E-state index contributed by atoms with van der Waals surface area (Å²) in [6.45, 7) is 0.556. The summed E-state index contributed by atoms with van der Waals surface area (Å²) in [5.74, 6) is 1.54. The van der Waals surface area contributed by atoms with Gasteiger partial charge in [0.1, 0.15) is 0 Å². The maximum Gasteiger partial charge on any atom is 0.165 e. The summed E-state index contributed by atoms with van der Waals surface area (Å²) in [5, 5.41) is 3.65. The normalized spacial score (nSPS) is 17.4. The van der Waals surface area contributed by atoms with Crippen LogP contribution in [0.1, 0.15) is 37.3 Å². The van der Waals surface area contributed by atoms with Crippen molar-refractivity contribution < 1.29 is 9.47 Å². The zero-order valence-electron chi connectivity index (χ0n) is 11.8. The first-order valence-corrected chi connectivity index (χ1v) is 6.97. The molecule has 1 aliphatic rings. The molecule has 2 rings (SSSR count). The first-order chi connectivity index (χ1) is 9.30. The maximum atomic E-state index is 5.94. The highest BCUT2D eigenvalue weighted by Gasteiger charge is 2.22. The average molecular weight is 264 g/mol. The molecule has 0 amide bonds. The second-order valence-corrected chi connectivity index (χ2v) is 5.02. The third-order valence-corrected chi connectivity index (χ3v) is 3.84. The van der Waals surface area contributed by atoms with E-state index in [1.165, 1.54) is 25.7 Å². The smallest absolute Gasteiger partial charge is 0.165 e. The molecule has 0 spiro atoms. The van der Waals surface area contributed by atoms with Crippen molar-refractivity contribution in [3.05, 3.63) is 23.8 Å². The number of rotatable bonds is 6. The molecule has 1 aliphatic carbocycles. The largest absolute Gasteiger partial charge is 0.493 e. The molecule has 4 heteroatoms.